The van der Waals surface area contributed by atoms with E-state index in [1.54, 1.807) is 0 Å². The molecule has 1 atom stereocenters. The summed E-state index contributed by atoms with van der Waals surface area (Å²) in [6.07, 6.45) is 43.1. The molecule has 3 amide bonds. The van der Waals surface area contributed by atoms with E-state index in [-0.39, 0.29) is 30.6 Å². The topological polar surface area (TPSA) is 57.7 Å². The van der Waals surface area contributed by atoms with Gasteiger partial charge in [0.2, 0.25) is 17.7 Å². The number of hydrogen-bond donors (Lipinski definition) is 0. The maximum atomic E-state index is 13.2. The quantitative estimate of drug-likeness (QED) is 0.0551. The van der Waals surface area contributed by atoms with Crippen molar-refractivity contribution in [3.8, 4) is 0 Å². The van der Waals surface area contributed by atoms with E-state index in [0.717, 1.165) is 94.8 Å². The van der Waals surface area contributed by atoms with Crippen molar-refractivity contribution in [3.63, 3.8) is 0 Å². The molecule has 0 radical (unpaired) electrons. The highest BCUT2D eigenvalue weighted by atomic mass is 16.2. The third-order valence-electron chi connectivity index (χ3n) is 8.46. The summed E-state index contributed by atoms with van der Waals surface area (Å²) >= 11 is 0. The van der Waals surface area contributed by atoms with E-state index in [1.807, 2.05) is 25.9 Å². The van der Waals surface area contributed by atoms with Crippen molar-refractivity contribution in [2.45, 2.75) is 175 Å². The van der Waals surface area contributed by atoms with Crippen molar-refractivity contribution < 1.29 is 14.4 Å². The molecule has 0 aromatic heterocycles. The SMILES string of the molecule is CCCCCC=CCC=CCCCCCCCC(=O)N(C(=O)CCCCCCCC=CCC=CCCCCC)C(=O)C(C)CN(C)C. The van der Waals surface area contributed by atoms with Gasteiger partial charge in [0.1, 0.15) is 0 Å². The summed E-state index contributed by atoms with van der Waals surface area (Å²) in [5, 5.41) is 0. The minimum atomic E-state index is -0.396. The molecule has 1 unspecified atom stereocenters. The summed E-state index contributed by atoms with van der Waals surface area (Å²) in [6.45, 7) is 6.80. The summed E-state index contributed by atoms with van der Waals surface area (Å²) in [4.78, 5) is 42.5. The summed E-state index contributed by atoms with van der Waals surface area (Å²) in [5.74, 6) is -1.39. The van der Waals surface area contributed by atoms with Crippen LogP contribution in [0.2, 0.25) is 0 Å². The van der Waals surface area contributed by atoms with Crippen molar-refractivity contribution in [1.29, 1.82) is 0 Å². The number of imide groups is 3. The molecule has 0 aliphatic rings. The largest absolute Gasteiger partial charge is 0.309 e. The maximum absolute atomic E-state index is 13.2. The van der Waals surface area contributed by atoms with Gasteiger partial charge in [-0.1, -0.05) is 134 Å². The Morgan fingerprint density at radius 3 is 1.19 bits per heavy atom. The van der Waals surface area contributed by atoms with Crippen molar-refractivity contribution in [2.24, 2.45) is 5.92 Å². The minimum Gasteiger partial charge on any atom is -0.309 e. The first-order valence-electron chi connectivity index (χ1n) is 19.5. The molecule has 0 N–H and O–H groups in total. The number of unbranched alkanes of at least 4 members (excludes halogenated alkanes) is 16. The Kier molecular flexibility index (Phi) is 32.0. The Balaban J connectivity index is 4.35. The molecule has 0 saturated carbocycles. The molecule has 47 heavy (non-hydrogen) atoms. The molecule has 270 valence electrons. The van der Waals surface area contributed by atoms with E-state index >= 15 is 0 Å². The van der Waals surface area contributed by atoms with E-state index in [2.05, 4.69) is 62.5 Å². The van der Waals surface area contributed by atoms with Gasteiger partial charge in [-0.2, -0.15) is 0 Å². The zero-order valence-corrected chi connectivity index (χ0v) is 31.5. The second-order valence-corrected chi connectivity index (χ2v) is 13.6. The lowest BCUT2D eigenvalue weighted by Gasteiger charge is -2.24. The number of amides is 3. The zero-order chi connectivity index (χ0) is 34.8. The number of hydrogen-bond acceptors (Lipinski definition) is 4. The van der Waals surface area contributed by atoms with Crippen LogP contribution >= 0.6 is 0 Å². The molecule has 0 spiro atoms. The molecule has 0 bridgehead atoms. The molecule has 0 rings (SSSR count). The first-order valence-corrected chi connectivity index (χ1v) is 19.5. The lowest BCUT2D eigenvalue weighted by Crippen LogP contribution is -2.46. The van der Waals surface area contributed by atoms with E-state index in [4.69, 9.17) is 0 Å². The lowest BCUT2D eigenvalue weighted by atomic mass is 10.1. The highest BCUT2D eigenvalue weighted by Crippen LogP contribution is 2.15. The average molecular weight is 655 g/mol. The molecule has 5 heteroatoms. The third-order valence-corrected chi connectivity index (χ3v) is 8.46. The van der Waals surface area contributed by atoms with Gasteiger partial charge in [0.05, 0.1) is 0 Å². The van der Waals surface area contributed by atoms with Crippen LogP contribution in [0.1, 0.15) is 175 Å². The van der Waals surface area contributed by atoms with E-state index in [0.29, 0.717) is 6.54 Å². The highest BCUT2D eigenvalue weighted by Gasteiger charge is 2.31. The third kappa shape index (κ3) is 28.5. The molecule has 0 aromatic rings. The molecule has 0 aliphatic carbocycles. The van der Waals surface area contributed by atoms with Crippen LogP contribution in [0.4, 0.5) is 0 Å². The highest BCUT2D eigenvalue weighted by molar-refractivity contribution is 6.11. The number of nitrogens with zero attached hydrogens (tertiary/aromatic N) is 2. The van der Waals surface area contributed by atoms with Gasteiger partial charge in [0, 0.05) is 25.3 Å². The van der Waals surface area contributed by atoms with Gasteiger partial charge >= 0.3 is 0 Å². The van der Waals surface area contributed by atoms with Crippen LogP contribution in [0, 0.1) is 5.92 Å². The number of allylic oxidation sites excluding steroid dienone is 8. The fraction of sp³-hybridized carbons (Fsp3) is 0.738. The predicted molar refractivity (Wildman–Crippen MR) is 203 cm³/mol. The number of carbonyl (C=O) groups excluding carboxylic acids is 3. The average Bonchev–Trinajstić information content (AvgIpc) is 3.04. The van der Waals surface area contributed by atoms with Gasteiger partial charge in [0.15, 0.2) is 0 Å². The van der Waals surface area contributed by atoms with Crippen LogP contribution in [0.5, 0.6) is 0 Å². The minimum absolute atomic E-state index is 0.263. The van der Waals surface area contributed by atoms with Gasteiger partial charge in [-0.3, -0.25) is 14.4 Å². The van der Waals surface area contributed by atoms with Crippen molar-refractivity contribution >= 4 is 17.7 Å². The summed E-state index contributed by atoms with van der Waals surface area (Å²) in [6, 6.07) is 0. The van der Waals surface area contributed by atoms with Gasteiger partial charge < -0.3 is 4.90 Å². The first kappa shape index (κ1) is 44.7. The predicted octanol–water partition coefficient (Wildman–Crippen LogP) is 11.7. The molecular weight excluding hydrogens is 580 g/mol. The van der Waals surface area contributed by atoms with Gasteiger partial charge in [-0.05, 0) is 91.1 Å². The van der Waals surface area contributed by atoms with E-state index < -0.39 is 5.92 Å². The Bertz CT molecular complexity index is 828. The summed E-state index contributed by atoms with van der Waals surface area (Å²) < 4.78 is 0. The smallest absolute Gasteiger partial charge is 0.240 e. The first-order chi connectivity index (χ1) is 22.8. The van der Waals surface area contributed by atoms with E-state index in [9.17, 15) is 14.4 Å². The van der Waals surface area contributed by atoms with Gasteiger partial charge in [-0.15, -0.1) is 0 Å². The molecular formula is C42H74N2O3. The molecule has 0 aromatic carbocycles. The van der Waals surface area contributed by atoms with Gasteiger partial charge in [-0.25, -0.2) is 4.90 Å². The van der Waals surface area contributed by atoms with Gasteiger partial charge in [0.25, 0.3) is 0 Å². The van der Waals surface area contributed by atoms with E-state index in [1.165, 1.54) is 51.4 Å². The molecule has 0 fully saturated rings. The van der Waals surface area contributed by atoms with Crippen LogP contribution in [0.25, 0.3) is 0 Å². The summed E-state index contributed by atoms with van der Waals surface area (Å²) in [7, 11) is 3.81. The molecule has 0 heterocycles. The second kappa shape index (κ2) is 33.6. The molecule has 0 saturated heterocycles. The fourth-order valence-electron chi connectivity index (χ4n) is 5.63. The monoisotopic (exact) mass is 655 g/mol. The Hall–Kier alpha value is -2.27. The normalized spacial score (nSPS) is 12.8. The zero-order valence-electron chi connectivity index (χ0n) is 31.5. The lowest BCUT2D eigenvalue weighted by molar-refractivity contribution is -0.156. The fourth-order valence-corrected chi connectivity index (χ4v) is 5.63. The second-order valence-electron chi connectivity index (χ2n) is 13.6. The molecule has 5 nitrogen and oxygen atoms in total. The van der Waals surface area contributed by atoms with Crippen LogP contribution in [0.3, 0.4) is 0 Å². The number of rotatable bonds is 31. The standard InChI is InChI=1S/C42H74N2O3/c1-6-8-10-12-14-16-18-20-22-24-26-28-30-32-34-36-40(45)44(42(47)39(3)38-43(4)5)41(46)37-35-33-31-29-27-25-23-21-19-17-15-13-11-9-7-2/h14-17,20-23,39H,6-13,18-19,24-38H2,1-5H3. The van der Waals surface area contributed by atoms with Crippen LogP contribution in [0.15, 0.2) is 48.6 Å². The summed E-state index contributed by atoms with van der Waals surface area (Å²) in [5.41, 5.74) is 0. The Labute approximate surface area is 291 Å². The Morgan fingerprint density at radius 2 is 0.830 bits per heavy atom. The van der Waals surface area contributed by atoms with Crippen LogP contribution in [-0.4, -0.2) is 48.2 Å². The Morgan fingerprint density at radius 1 is 0.489 bits per heavy atom. The van der Waals surface area contributed by atoms with Crippen LogP contribution < -0.4 is 0 Å². The van der Waals surface area contributed by atoms with Crippen LogP contribution in [-0.2, 0) is 14.4 Å². The van der Waals surface area contributed by atoms with Crippen molar-refractivity contribution in [1.82, 2.24) is 9.80 Å². The maximum Gasteiger partial charge on any atom is 0.240 e. The van der Waals surface area contributed by atoms with Crippen molar-refractivity contribution in [3.05, 3.63) is 48.6 Å². The molecule has 0 aliphatic heterocycles. The van der Waals surface area contributed by atoms with Crippen molar-refractivity contribution in [2.75, 3.05) is 20.6 Å². The number of carbonyl (C=O) groups is 3.